The van der Waals surface area contributed by atoms with E-state index in [0.29, 0.717) is 17.5 Å². The molecule has 3 heterocycles. The van der Waals surface area contributed by atoms with Crippen LogP contribution in [0, 0.1) is 0 Å². The number of hydrogen-bond acceptors (Lipinski definition) is 5. The summed E-state index contributed by atoms with van der Waals surface area (Å²) in [6.45, 7) is 0. The molecule has 0 atom stereocenters. The summed E-state index contributed by atoms with van der Waals surface area (Å²) in [4.78, 5) is 20.3. The molecule has 0 radical (unpaired) electrons. The molecule has 0 spiro atoms. The summed E-state index contributed by atoms with van der Waals surface area (Å²) in [6, 6.07) is 50.3. The standard InChI is InChI=1S/C42H24N4OSe/c1-2-10-26(11-3-1)39-44-40(46-41(45-39)33-14-8-16-36-37(33)32-13-6-7-15-35(32)47-36)29-19-21-31-28(24-29)20-22-34-38(31)48-42(43-34)30-18-17-25-9-4-5-12-27(25)23-30/h1-24H. The molecule has 0 aliphatic heterocycles. The Morgan fingerprint density at radius 3 is 2.06 bits per heavy atom. The number of para-hydroxylation sites is 1. The van der Waals surface area contributed by atoms with Gasteiger partial charge < -0.3 is 0 Å². The summed E-state index contributed by atoms with van der Waals surface area (Å²) >= 11 is 0.0890. The van der Waals surface area contributed by atoms with E-state index in [1.165, 1.54) is 26.0 Å². The Balaban J connectivity index is 1.13. The number of hydrogen-bond donors (Lipinski definition) is 0. The Labute approximate surface area is 280 Å². The maximum absolute atomic E-state index is 6.20. The quantitative estimate of drug-likeness (QED) is 0.173. The number of aromatic nitrogens is 4. The first-order chi connectivity index (χ1) is 23.7. The number of benzene rings is 7. The predicted molar refractivity (Wildman–Crippen MR) is 196 cm³/mol. The van der Waals surface area contributed by atoms with E-state index in [1.807, 2.05) is 60.7 Å². The van der Waals surface area contributed by atoms with Gasteiger partial charge >= 0.3 is 264 Å². The fraction of sp³-hybridized carbons (Fsp3) is 0. The molecule has 0 amide bonds. The first kappa shape index (κ1) is 27.2. The van der Waals surface area contributed by atoms with Crippen LogP contribution >= 0.6 is 0 Å². The molecule has 0 aliphatic rings. The molecule has 0 unspecified atom stereocenters. The fourth-order valence-corrected chi connectivity index (χ4v) is 8.90. The van der Waals surface area contributed by atoms with Crippen LogP contribution in [0.5, 0.6) is 0 Å². The average Bonchev–Trinajstić information content (AvgIpc) is 3.77. The first-order valence-electron chi connectivity index (χ1n) is 15.8. The molecule has 0 N–H and O–H groups in total. The van der Waals surface area contributed by atoms with Crippen molar-refractivity contribution < 1.29 is 4.42 Å². The Kier molecular flexibility index (Phi) is 6.13. The van der Waals surface area contributed by atoms with Crippen molar-refractivity contribution in [1.82, 2.24) is 19.9 Å². The second kappa shape index (κ2) is 10.8. The fourth-order valence-electron chi connectivity index (χ4n) is 6.60. The molecule has 0 saturated carbocycles. The zero-order valence-corrected chi connectivity index (χ0v) is 27.2. The van der Waals surface area contributed by atoms with E-state index in [2.05, 4.69) is 84.9 Å². The second-order valence-corrected chi connectivity index (χ2v) is 14.0. The van der Waals surface area contributed by atoms with Crippen LogP contribution in [0.15, 0.2) is 150 Å². The van der Waals surface area contributed by atoms with Crippen molar-refractivity contribution in [2.24, 2.45) is 0 Å². The normalized spacial score (nSPS) is 11.8. The van der Waals surface area contributed by atoms with Crippen LogP contribution in [0.25, 0.3) is 97.6 Å². The monoisotopic (exact) mass is 680 g/mol. The van der Waals surface area contributed by atoms with E-state index >= 15 is 0 Å². The third-order valence-electron chi connectivity index (χ3n) is 8.94. The van der Waals surface area contributed by atoms with Crippen molar-refractivity contribution in [3.63, 3.8) is 0 Å². The summed E-state index contributed by atoms with van der Waals surface area (Å²) in [5.74, 6) is 1.87. The van der Waals surface area contributed by atoms with Gasteiger partial charge in [-0.25, -0.2) is 0 Å². The summed E-state index contributed by atoms with van der Waals surface area (Å²) in [6.07, 6.45) is 0. The summed E-state index contributed by atoms with van der Waals surface area (Å²) in [7, 11) is 0. The maximum atomic E-state index is 6.20. The van der Waals surface area contributed by atoms with E-state index in [1.54, 1.807) is 0 Å². The van der Waals surface area contributed by atoms with Crippen molar-refractivity contribution in [3.8, 4) is 44.3 Å². The van der Waals surface area contributed by atoms with Gasteiger partial charge in [0.05, 0.1) is 0 Å². The second-order valence-electron chi connectivity index (χ2n) is 11.9. The molecule has 0 bridgehead atoms. The molecule has 3 aromatic heterocycles. The third kappa shape index (κ3) is 4.46. The molecule has 0 fully saturated rings. The van der Waals surface area contributed by atoms with Crippen molar-refractivity contribution in [3.05, 3.63) is 146 Å². The summed E-state index contributed by atoms with van der Waals surface area (Å²) < 4.78 is 8.68. The van der Waals surface area contributed by atoms with Crippen LogP contribution in [0.4, 0.5) is 0 Å². The van der Waals surface area contributed by atoms with E-state index in [0.717, 1.165) is 54.1 Å². The average molecular weight is 680 g/mol. The number of furan rings is 1. The van der Waals surface area contributed by atoms with Gasteiger partial charge in [0, 0.05) is 0 Å². The number of fused-ring (bicyclic) bond motifs is 7. The van der Waals surface area contributed by atoms with Crippen LogP contribution in [0.3, 0.4) is 0 Å². The number of nitrogens with zero attached hydrogens (tertiary/aromatic N) is 4. The topological polar surface area (TPSA) is 64.7 Å². The van der Waals surface area contributed by atoms with Gasteiger partial charge in [0.1, 0.15) is 0 Å². The Morgan fingerprint density at radius 2 is 1.15 bits per heavy atom. The Morgan fingerprint density at radius 1 is 0.438 bits per heavy atom. The molecule has 10 rings (SSSR count). The van der Waals surface area contributed by atoms with Gasteiger partial charge in [-0.15, -0.1) is 0 Å². The van der Waals surface area contributed by atoms with Gasteiger partial charge in [-0.1, -0.05) is 12.1 Å². The summed E-state index contributed by atoms with van der Waals surface area (Å²) in [5.41, 5.74) is 6.70. The van der Waals surface area contributed by atoms with Gasteiger partial charge in [0.25, 0.3) is 0 Å². The van der Waals surface area contributed by atoms with Crippen molar-refractivity contribution >= 4 is 67.8 Å². The van der Waals surface area contributed by atoms with Gasteiger partial charge in [-0.3, -0.25) is 0 Å². The molecule has 224 valence electrons. The van der Waals surface area contributed by atoms with Crippen LogP contribution in [0.2, 0.25) is 0 Å². The first-order valence-corrected chi connectivity index (χ1v) is 17.5. The van der Waals surface area contributed by atoms with Crippen molar-refractivity contribution in [1.29, 1.82) is 0 Å². The van der Waals surface area contributed by atoms with E-state index in [4.69, 9.17) is 24.4 Å². The van der Waals surface area contributed by atoms with Crippen LogP contribution < -0.4 is 0 Å². The molecule has 5 nitrogen and oxygen atoms in total. The summed E-state index contributed by atoms with van der Waals surface area (Å²) in [5, 5.41) is 6.90. The van der Waals surface area contributed by atoms with Crippen LogP contribution in [-0.2, 0) is 0 Å². The zero-order chi connectivity index (χ0) is 31.6. The minimum atomic E-state index is 0.0890. The molecule has 6 heteroatoms. The van der Waals surface area contributed by atoms with Gasteiger partial charge in [-0.2, -0.15) is 0 Å². The van der Waals surface area contributed by atoms with Gasteiger partial charge in [0.2, 0.25) is 0 Å². The van der Waals surface area contributed by atoms with Crippen molar-refractivity contribution in [2.45, 2.75) is 0 Å². The van der Waals surface area contributed by atoms with E-state index in [9.17, 15) is 0 Å². The number of rotatable bonds is 4. The van der Waals surface area contributed by atoms with Crippen molar-refractivity contribution in [2.75, 3.05) is 0 Å². The SMILES string of the molecule is c1ccc(-c2nc(-c3ccc4c(ccc5nc(-c6ccc7ccccc7c6)[se]c54)c3)nc(-c3cccc4oc5ccccc5c34)n2)cc1. The molecule has 0 saturated heterocycles. The molecular weight excluding hydrogens is 655 g/mol. The van der Waals surface area contributed by atoms with Gasteiger partial charge in [-0.05, 0) is 6.07 Å². The Bertz CT molecular complexity index is 2860. The molecule has 10 aromatic rings. The van der Waals surface area contributed by atoms with E-state index in [-0.39, 0.29) is 14.5 Å². The minimum absolute atomic E-state index is 0.0890. The third-order valence-corrected chi connectivity index (χ3v) is 11.4. The molecular formula is C42H24N4OSe. The molecule has 0 aliphatic carbocycles. The van der Waals surface area contributed by atoms with E-state index < -0.39 is 0 Å². The molecule has 48 heavy (non-hydrogen) atoms. The van der Waals surface area contributed by atoms with Crippen LogP contribution in [-0.4, -0.2) is 34.4 Å². The zero-order valence-electron chi connectivity index (χ0n) is 25.5. The van der Waals surface area contributed by atoms with Gasteiger partial charge in [0.15, 0.2) is 0 Å². The van der Waals surface area contributed by atoms with Crippen LogP contribution in [0.1, 0.15) is 0 Å². The Hall–Kier alpha value is -5.94. The molecule has 7 aromatic carbocycles. The predicted octanol–water partition coefficient (Wildman–Crippen LogP) is 10.4.